The van der Waals surface area contributed by atoms with E-state index in [-0.39, 0.29) is 5.91 Å². The summed E-state index contributed by atoms with van der Waals surface area (Å²) in [5.74, 6) is 0.0108. The zero-order valence-corrected chi connectivity index (χ0v) is 16.0. The van der Waals surface area contributed by atoms with Gasteiger partial charge in [-0.05, 0) is 55.3 Å². The van der Waals surface area contributed by atoms with Crippen LogP contribution in [0.25, 0.3) is 0 Å². The van der Waals surface area contributed by atoms with Crippen LogP contribution >= 0.6 is 0 Å². The van der Waals surface area contributed by atoms with Crippen LogP contribution in [0.2, 0.25) is 0 Å². The van der Waals surface area contributed by atoms with E-state index < -0.39 is 0 Å². The predicted molar refractivity (Wildman–Crippen MR) is 109 cm³/mol. The summed E-state index contributed by atoms with van der Waals surface area (Å²) in [6.45, 7) is 9.02. The van der Waals surface area contributed by atoms with Crippen LogP contribution in [0.5, 0.6) is 0 Å². The second-order valence-corrected chi connectivity index (χ2v) is 7.04. The molecule has 0 saturated carbocycles. The van der Waals surface area contributed by atoms with Crippen molar-refractivity contribution in [3.63, 3.8) is 0 Å². The molecule has 2 aromatic rings. The number of anilines is 2. The van der Waals surface area contributed by atoms with Gasteiger partial charge in [0, 0.05) is 50.5 Å². The monoisotopic (exact) mass is 362 g/mol. The van der Waals surface area contributed by atoms with Gasteiger partial charge in [0.15, 0.2) is 0 Å². The highest BCUT2D eigenvalue weighted by molar-refractivity contribution is 5.90. The molecule has 3 rings (SSSR count). The summed E-state index contributed by atoms with van der Waals surface area (Å²) < 4.78 is 0. The van der Waals surface area contributed by atoms with Crippen molar-refractivity contribution >= 4 is 17.3 Å². The first kappa shape index (κ1) is 18.9. The van der Waals surface area contributed by atoms with E-state index in [1.165, 1.54) is 16.8 Å². The molecule has 0 aromatic heterocycles. The van der Waals surface area contributed by atoms with Crippen LogP contribution in [0, 0.1) is 25.2 Å². The van der Waals surface area contributed by atoms with Crippen LogP contribution in [0.4, 0.5) is 11.4 Å². The number of carbonyl (C=O) groups excluding carboxylic acids is 1. The summed E-state index contributed by atoms with van der Waals surface area (Å²) in [5.41, 5.74) is 5.34. The SMILES string of the molecule is Cc1cccc(N2CCN(CCC(=O)Nc3ccc(C#N)cc3)CC2)c1C. The van der Waals surface area contributed by atoms with E-state index in [0.717, 1.165) is 38.4 Å². The maximum Gasteiger partial charge on any atom is 0.225 e. The van der Waals surface area contributed by atoms with Gasteiger partial charge in [0.05, 0.1) is 11.6 Å². The number of aryl methyl sites for hydroxylation is 1. The molecular formula is C22H26N4O. The lowest BCUT2D eigenvalue weighted by molar-refractivity contribution is -0.116. The van der Waals surface area contributed by atoms with E-state index >= 15 is 0 Å². The van der Waals surface area contributed by atoms with Crippen LogP contribution < -0.4 is 10.2 Å². The summed E-state index contributed by atoms with van der Waals surface area (Å²) >= 11 is 0. The molecule has 1 heterocycles. The zero-order chi connectivity index (χ0) is 19.2. The van der Waals surface area contributed by atoms with Crippen molar-refractivity contribution in [2.45, 2.75) is 20.3 Å². The minimum absolute atomic E-state index is 0.0108. The van der Waals surface area contributed by atoms with Gasteiger partial charge in [-0.15, -0.1) is 0 Å². The Morgan fingerprint density at radius 1 is 1.07 bits per heavy atom. The van der Waals surface area contributed by atoms with Gasteiger partial charge < -0.3 is 10.2 Å². The van der Waals surface area contributed by atoms with Crippen molar-refractivity contribution in [2.75, 3.05) is 42.9 Å². The molecule has 27 heavy (non-hydrogen) atoms. The lowest BCUT2D eigenvalue weighted by atomic mass is 10.1. The fourth-order valence-electron chi connectivity index (χ4n) is 3.40. The number of carbonyl (C=O) groups is 1. The van der Waals surface area contributed by atoms with Crippen LogP contribution in [0.1, 0.15) is 23.1 Å². The normalized spacial score (nSPS) is 14.6. The van der Waals surface area contributed by atoms with E-state index in [0.29, 0.717) is 12.0 Å². The summed E-state index contributed by atoms with van der Waals surface area (Å²) in [6, 6.07) is 15.5. The molecule has 5 heteroatoms. The van der Waals surface area contributed by atoms with Gasteiger partial charge in [0.25, 0.3) is 0 Å². The largest absolute Gasteiger partial charge is 0.369 e. The summed E-state index contributed by atoms with van der Waals surface area (Å²) in [4.78, 5) is 17.0. The Hall–Kier alpha value is -2.84. The number of nitrogens with one attached hydrogen (secondary N) is 1. The van der Waals surface area contributed by atoms with Crippen LogP contribution in [0.3, 0.4) is 0 Å². The maximum atomic E-state index is 12.2. The fourth-order valence-corrected chi connectivity index (χ4v) is 3.40. The van der Waals surface area contributed by atoms with Gasteiger partial charge in [0.2, 0.25) is 5.91 Å². The van der Waals surface area contributed by atoms with Crippen molar-refractivity contribution in [2.24, 2.45) is 0 Å². The van der Waals surface area contributed by atoms with E-state index in [1.54, 1.807) is 24.3 Å². The van der Waals surface area contributed by atoms with Crippen LogP contribution in [-0.4, -0.2) is 43.5 Å². The Bertz CT molecular complexity index is 830. The molecule has 0 bridgehead atoms. The molecule has 2 aromatic carbocycles. The number of hydrogen-bond acceptors (Lipinski definition) is 4. The standard InChI is InChI=1S/C22H26N4O/c1-17-4-3-5-21(18(17)2)26-14-12-25(13-15-26)11-10-22(27)24-20-8-6-19(16-23)7-9-20/h3-9H,10-15H2,1-2H3,(H,24,27). The molecule has 0 unspecified atom stereocenters. The van der Waals surface area contributed by atoms with Gasteiger partial charge in [-0.3, -0.25) is 9.69 Å². The Balaban J connectivity index is 1.44. The number of rotatable bonds is 5. The van der Waals surface area contributed by atoms with E-state index in [9.17, 15) is 4.79 Å². The molecule has 0 spiro atoms. The molecular weight excluding hydrogens is 336 g/mol. The van der Waals surface area contributed by atoms with Crippen molar-refractivity contribution < 1.29 is 4.79 Å². The van der Waals surface area contributed by atoms with Crippen molar-refractivity contribution in [1.29, 1.82) is 5.26 Å². The molecule has 5 nitrogen and oxygen atoms in total. The third-order valence-corrected chi connectivity index (χ3v) is 5.24. The van der Waals surface area contributed by atoms with Crippen molar-refractivity contribution in [1.82, 2.24) is 4.90 Å². The van der Waals surface area contributed by atoms with Crippen molar-refractivity contribution in [3.8, 4) is 6.07 Å². The minimum atomic E-state index is 0.0108. The Morgan fingerprint density at radius 2 is 1.78 bits per heavy atom. The average Bonchev–Trinajstić information content (AvgIpc) is 2.69. The molecule has 140 valence electrons. The highest BCUT2D eigenvalue weighted by atomic mass is 16.1. The number of amides is 1. The van der Waals surface area contributed by atoms with E-state index in [4.69, 9.17) is 5.26 Å². The Labute approximate surface area is 161 Å². The van der Waals surface area contributed by atoms with E-state index in [1.807, 2.05) is 0 Å². The highest BCUT2D eigenvalue weighted by Gasteiger charge is 2.19. The summed E-state index contributed by atoms with van der Waals surface area (Å²) in [7, 11) is 0. The van der Waals surface area contributed by atoms with Crippen LogP contribution in [-0.2, 0) is 4.79 Å². The topological polar surface area (TPSA) is 59.4 Å². The minimum Gasteiger partial charge on any atom is -0.369 e. The zero-order valence-electron chi connectivity index (χ0n) is 16.0. The third-order valence-electron chi connectivity index (χ3n) is 5.24. The molecule has 1 amide bonds. The van der Waals surface area contributed by atoms with Crippen molar-refractivity contribution in [3.05, 3.63) is 59.2 Å². The van der Waals surface area contributed by atoms with Gasteiger partial charge in [-0.2, -0.15) is 5.26 Å². The lowest BCUT2D eigenvalue weighted by Crippen LogP contribution is -2.47. The maximum absolute atomic E-state index is 12.2. The summed E-state index contributed by atoms with van der Waals surface area (Å²) in [5, 5.41) is 11.7. The first-order valence-electron chi connectivity index (χ1n) is 9.40. The Morgan fingerprint density at radius 3 is 2.44 bits per heavy atom. The summed E-state index contributed by atoms with van der Waals surface area (Å²) in [6.07, 6.45) is 0.476. The first-order chi connectivity index (χ1) is 13.1. The number of benzene rings is 2. The molecule has 0 aliphatic carbocycles. The van der Waals surface area contributed by atoms with Gasteiger partial charge >= 0.3 is 0 Å². The predicted octanol–water partition coefficient (Wildman–Crippen LogP) is 3.33. The average molecular weight is 362 g/mol. The van der Waals surface area contributed by atoms with Crippen LogP contribution in [0.15, 0.2) is 42.5 Å². The fraction of sp³-hybridized carbons (Fsp3) is 0.364. The molecule has 0 atom stereocenters. The molecule has 1 N–H and O–H groups in total. The number of nitriles is 1. The molecule has 1 saturated heterocycles. The quantitative estimate of drug-likeness (QED) is 0.886. The second-order valence-electron chi connectivity index (χ2n) is 7.04. The molecule has 1 aliphatic heterocycles. The first-order valence-corrected chi connectivity index (χ1v) is 9.40. The number of piperazine rings is 1. The Kier molecular flexibility index (Phi) is 6.10. The molecule has 0 radical (unpaired) electrons. The molecule has 1 aliphatic rings. The van der Waals surface area contributed by atoms with Gasteiger partial charge in [0.1, 0.15) is 0 Å². The van der Waals surface area contributed by atoms with Gasteiger partial charge in [-0.25, -0.2) is 0 Å². The van der Waals surface area contributed by atoms with Gasteiger partial charge in [-0.1, -0.05) is 12.1 Å². The third kappa shape index (κ3) is 4.87. The highest BCUT2D eigenvalue weighted by Crippen LogP contribution is 2.23. The second kappa shape index (κ2) is 8.70. The molecule has 1 fully saturated rings. The smallest absolute Gasteiger partial charge is 0.225 e. The number of hydrogen-bond donors (Lipinski definition) is 1. The van der Waals surface area contributed by atoms with E-state index in [2.05, 4.69) is 53.2 Å². The number of nitrogens with zero attached hydrogens (tertiary/aromatic N) is 3. The lowest BCUT2D eigenvalue weighted by Gasteiger charge is -2.37.